The molecule has 0 fully saturated rings. The minimum absolute atomic E-state index is 0.0105. The lowest BCUT2D eigenvalue weighted by atomic mass is 9.94. The number of ether oxygens (including phenoxy) is 1. The van der Waals surface area contributed by atoms with Gasteiger partial charge in [0, 0.05) is 5.92 Å². The van der Waals surface area contributed by atoms with Crippen LogP contribution >= 0.6 is 0 Å². The molecule has 1 aromatic rings. The summed E-state index contributed by atoms with van der Waals surface area (Å²) in [6.07, 6.45) is 0. The zero-order chi connectivity index (χ0) is 11.5. The first-order chi connectivity index (χ1) is 6.93. The first-order valence-electron chi connectivity index (χ1n) is 5.22. The molecule has 0 aliphatic carbocycles. The maximum absolute atomic E-state index is 11.8. The molecule has 2 heteroatoms. The molecule has 0 radical (unpaired) electrons. The van der Waals surface area contributed by atoms with Gasteiger partial charge in [-0.3, -0.25) is 4.79 Å². The van der Waals surface area contributed by atoms with Gasteiger partial charge in [-0.1, -0.05) is 32.0 Å². The molecule has 0 saturated heterocycles. The molecular formula is C13H18O2. The van der Waals surface area contributed by atoms with Crippen LogP contribution in [0.2, 0.25) is 0 Å². The second-order valence-electron chi connectivity index (χ2n) is 4.44. The van der Waals surface area contributed by atoms with E-state index < -0.39 is 5.60 Å². The van der Waals surface area contributed by atoms with Crippen LogP contribution in [0.15, 0.2) is 30.3 Å². The van der Waals surface area contributed by atoms with Gasteiger partial charge in [-0.2, -0.15) is 0 Å². The number of carbonyl (C=O) groups excluding carboxylic acids is 1. The van der Waals surface area contributed by atoms with Crippen LogP contribution in [-0.2, 0) is 4.79 Å². The van der Waals surface area contributed by atoms with E-state index in [2.05, 4.69) is 0 Å². The summed E-state index contributed by atoms with van der Waals surface area (Å²) < 4.78 is 5.68. The molecule has 2 nitrogen and oxygen atoms in total. The molecule has 0 unspecified atom stereocenters. The highest BCUT2D eigenvalue weighted by Crippen LogP contribution is 2.21. The average molecular weight is 206 g/mol. The Morgan fingerprint density at radius 2 is 1.73 bits per heavy atom. The summed E-state index contributed by atoms with van der Waals surface area (Å²) in [5.41, 5.74) is -0.754. The third kappa shape index (κ3) is 3.08. The van der Waals surface area contributed by atoms with Crippen molar-refractivity contribution in [2.75, 3.05) is 0 Å². The standard InChI is InChI=1S/C13H18O2/c1-10(2)12(14)13(3,4)15-11-8-6-5-7-9-11/h5-10H,1-4H3. The van der Waals surface area contributed by atoms with Gasteiger partial charge in [0.05, 0.1) is 0 Å². The molecule has 0 saturated carbocycles. The van der Waals surface area contributed by atoms with Crippen molar-refractivity contribution in [2.24, 2.45) is 5.92 Å². The van der Waals surface area contributed by atoms with Gasteiger partial charge in [-0.15, -0.1) is 0 Å². The first kappa shape index (κ1) is 11.8. The van der Waals surface area contributed by atoms with Crippen LogP contribution in [0.1, 0.15) is 27.7 Å². The molecule has 0 bridgehead atoms. The number of hydrogen-bond acceptors (Lipinski definition) is 2. The molecule has 82 valence electrons. The molecule has 1 rings (SSSR count). The normalized spacial score (nSPS) is 11.5. The number of benzene rings is 1. The van der Waals surface area contributed by atoms with Gasteiger partial charge in [-0.05, 0) is 26.0 Å². The summed E-state index contributed by atoms with van der Waals surface area (Å²) in [6, 6.07) is 9.42. The molecule has 1 aromatic carbocycles. The van der Waals surface area contributed by atoms with Crippen LogP contribution in [0.25, 0.3) is 0 Å². The van der Waals surface area contributed by atoms with Gasteiger partial charge in [0.25, 0.3) is 0 Å². The molecule has 0 amide bonds. The van der Waals surface area contributed by atoms with E-state index in [0.29, 0.717) is 0 Å². The van der Waals surface area contributed by atoms with Crippen LogP contribution in [0.5, 0.6) is 5.75 Å². The minimum atomic E-state index is -0.754. The zero-order valence-corrected chi connectivity index (χ0v) is 9.78. The number of para-hydroxylation sites is 1. The number of rotatable bonds is 4. The Kier molecular flexibility index (Phi) is 3.51. The third-order valence-corrected chi connectivity index (χ3v) is 2.23. The van der Waals surface area contributed by atoms with E-state index in [0.717, 1.165) is 5.75 Å². The fraction of sp³-hybridized carbons (Fsp3) is 0.462. The SMILES string of the molecule is CC(C)C(=O)C(C)(C)Oc1ccccc1. The van der Waals surface area contributed by atoms with E-state index in [9.17, 15) is 4.79 Å². The summed E-state index contributed by atoms with van der Waals surface area (Å²) in [6.45, 7) is 7.39. The number of ketones is 1. The summed E-state index contributed by atoms with van der Waals surface area (Å²) >= 11 is 0. The maximum Gasteiger partial charge on any atom is 0.178 e. The maximum atomic E-state index is 11.8. The predicted octanol–water partition coefficient (Wildman–Crippen LogP) is 3.07. The fourth-order valence-electron chi connectivity index (χ4n) is 1.53. The van der Waals surface area contributed by atoms with Gasteiger partial charge in [0.2, 0.25) is 0 Å². The minimum Gasteiger partial charge on any atom is -0.480 e. The topological polar surface area (TPSA) is 26.3 Å². The molecule has 0 aliphatic rings. The van der Waals surface area contributed by atoms with Crippen molar-refractivity contribution in [3.8, 4) is 5.75 Å². The van der Waals surface area contributed by atoms with Crippen molar-refractivity contribution in [1.29, 1.82) is 0 Å². The summed E-state index contributed by atoms with van der Waals surface area (Å²) in [5.74, 6) is 0.839. The van der Waals surface area contributed by atoms with E-state index >= 15 is 0 Å². The zero-order valence-electron chi connectivity index (χ0n) is 9.78. The Bertz CT molecular complexity index is 326. The molecular weight excluding hydrogens is 188 g/mol. The second kappa shape index (κ2) is 4.47. The summed E-state index contributed by atoms with van der Waals surface area (Å²) in [5, 5.41) is 0. The van der Waals surface area contributed by atoms with E-state index in [1.54, 1.807) is 0 Å². The summed E-state index contributed by atoms with van der Waals surface area (Å²) in [4.78, 5) is 11.8. The van der Waals surface area contributed by atoms with Gasteiger partial charge >= 0.3 is 0 Å². The molecule has 0 N–H and O–H groups in total. The molecule has 0 atom stereocenters. The average Bonchev–Trinajstić information content (AvgIpc) is 2.17. The van der Waals surface area contributed by atoms with Crippen LogP contribution in [0, 0.1) is 5.92 Å². The van der Waals surface area contributed by atoms with Gasteiger partial charge in [0.1, 0.15) is 5.75 Å². The first-order valence-corrected chi connectivity index (χ1v) is 5.22. The fourth-order valence-corrected chi connectivity index (χ4v) is 1.53. The predicted molar refractivity (Wildman–Crippen MR) is 61.0 cm³/mol. The lowest BCUT2D eigenvalue weighted by molar-refractivity contribution is -0.135. The van der Waals surface area contributed by atoms with Gasteiger partial charge < -0.3 is 4.74 Å². The van der Waals surface area contributed by atoms with Gasteiger partial charge in [-0.25, -0.2) is 0 Å². The van der Waals surface area contributed by atoms with Crippen molar-refractivity contribution in [3.05, 3.63) is 30.3 Å². The van der Waals surface area contributed by atoms with Crippen molar-refractivity contribution in [1.82, 2.24) is 0 Å². The van der Waals surface area contributed by atoms with Crippen LogP contribution < -0.4 is 4.74 Å². The van der Waals surface area contributed by atoms with Crippen molar-refractivity contribution >= 4 is 5.78 Å². The molecule has 0 aromatic heterocycles. The highest BCUT2D eigenvalue weighted by molar-refractivity contribution is 5.88. The van der Waals surface area contributed by atoms with E-state index in [-0.39, 0.29) is 11.7 Å². The smallest absolute Gasteiger partial charge is 0.178 e. The number of carbonyl (C=O) groups is 1. The monoisotopic (exact) mass is 206 g/mol. The third-order valence-electron chi connectivity index (χ3n) is 2.23. The van der Waals surface area contributed by atoms with Crippen molar-refractivity contribution in [2.45, 2.75) is 33.3 Å². The Morgan fingerprint density at radius 3 is 2.20 bits per heavy atom. The van der Waals surface area contributed by atoms with E-state index in [1.807, 2.05) is 58.0 Å². The quantitative estimate of drug-likeness (QED) is 0.756. The number of hydrogen-bond donors (Lipinski definition) is 0. The largest absolute Gasteiger partial charge is 0.480 e. The molecule has 0 heterocycles. The highest BCUT2D eigenvalue weighted by atomic mass is 16.5. The molecule has 0 aliphatic heterocycles. The Morgan fingerprint density at radius 1 is 1.20 bits per heavy atom. The van der Waals surface area contributed by atoms with Crippen LogP contribution in [-0.4, -0.2) is 11.4 Å². The van der Waals surface area contributed by atoms with Gasteiger partial charge in [0.15, 0.2) is 11.4 Å². The van der Waals surface area contributed by atoms with Crippen LogP contribution in [0.3, 0.4) is 0 Å². The van der Waals surface area contributed by atoms with E-state index in [4.69, 9.17) is 4.74 Å². The Labute approximate surface area is 91.3 Å². The Hall–Kier alpha value is -1.31. The lowest BCUT2D eigenvalue weighted by Gasteiger charge is -2.26. The highest BCUT2D eigenvalue weighted by Gasteiger charge is 2.31. The second-order valence-corrected chi connectivity index (χ2v) is 4.44. The van der Waals surface area contributed by atoms with Crippen LogP contribution in [0.4, 0.5) is 0 Å². The number of Topliss-reactive ketones (excluding diaryl/α,β-unsaturated/α-hetero) is 1. The summed E-state index contributed by atoms with van der Waals surface area (Å²) in [7, 11) is 0. The van der Waals surface area contributed by atoms with Crippen molar-refractivity contribution < 1.29 is 9.53 Å². The lowest BCUT2D eigenvalue weighted by Crippen LogP contribution is -2.40. The molecule has 15 heavy (non-hydrogen) atoms. The van der Waals surface area contributed by atoms with E-state index in [1.165, 1.54) is 0 Å². The Balaban J connectivity index is 2.77. The van der Waals surface area contributed by atoms with Crippen molar-refractivity contribution in [3.63, 3.8) is 0 Å². The molecule has 0 spiro atoms.